The molecule has 36 heavy (non-hydrogen) atoms. The van der Waals surface area contributed by atoms with E-state index in [1.165, 1.54) is 12.7 Å². The van der Waals surface area contributed by atoms with Gasteiger partial charge in [0.15, 0.2) is 0 Å². The molecule has 0 fully saturated rings. The van der Waals surface area contributed by atoms with E-state index < -0.39 is 6.10 Å². The van der Waals surface area contributed by atoms with Gasteiger partial charge in [-0.3, -0.25) is 4.79 Å². The standard InChI is InChI=1S/C30H37NO5/c1-30(2,19-23-12-14-26(34-3)15-13-23)31-20-25(32)21-36-27-16-10-22(11-17-27)18-28(29(33)35-4)24-8-6-5-7-9-24/h5-17,25,28,31-32H,18-21H2,1-4H3. The maximum atomic E-state index is 12.3. The highest BCUT2D eigenvalue weighted by Crippen LogP contribution is 2.24. The minimum atomic E-state index is -0.651. The molecule has 0 radical (unpaired) electrons. The number of esters is 1. The van der Waals surface area contributed by atoms with Gasteiger partial charge in [0.25, 0.3) is 0 Å². The molecule has 0 aliphatic rings. The molecule has 3 aromatic carbocycles. The normalized spacial score (nSPS) is 13.0. The summed E-state index contributed by atoms with van der Waals surface area (Å²) in [5, 5.41) is 13.9. The maximum Gasteiger partial charge on any atom is 0.313 e. The van der Waals surface area contributed by atoms with Crippen LogP contribution >= 0.6 is 0 Å². The van der Waals surface area contributed by atoms with Crippen LogP contribution in [0.15, 0.2) is 78.9 Å². The predicted octanol–water partition coefficient (Wildman–Crippen LogP) is 4.55. The molecule has 0 aliphatic heterocycles. The second-order valence-corrected chi connectivity index (χ2v) is 9.59. The van der Waals surface area contributed by atoms with Gasteiger partial charge in [0.2, 0.25) is 0 Å². The lowest BCUT2D eigenvalue weighted by molar-refractivity contribution is -0.142. The maximum absolute atomic E-state index is 12.3. The second-order valence-electron chi connectivity index (χ2n) is 9.59. The van der Waals surface area contributed by atoms with Crippen molar-refractivity contribution in [3.8, 4) is 11.5 Å². The Bertz CT molecular complexity index is 1060. The molecule has 192 valence electrons. The van der Waals surface area contributed by atoms with E-state index in [2.05, 4.69) is 31.3 Å². The van der Waals surface area contributed by atoms with Crippen molar-refractivity contribution in [2.75, 3.05) is 27.4 Å². The Hall–Kier alpha value is -3.35. The average molecular weight is 492 g/mol. The van der Waals surface area contributed by atoms with Crippen LogP contribution in [0.25, 0.3) is 0 Å². The molecule has 0 saturated heterocycles. The van der Waals surface area contributed by atoms with Crippen LogP contribution in [0.5, 0.6) is 11.5 Å². The number of aliphatic hydroxyl groups is 1. The Morgan fingerprint density at radius 1 is 0.889 bits per heavy atom. The molecule has 0 bridgehead atoms. The molecule has 0 aromatic heterocycles. The quantitative estimate of drug-likeness (QED) is 0.342. The molecule has 0 amide bonds. The van der Waals surface area contributed by atoms with Gasteiger partial charge in [-0.25, -0.2) is 0 Å². The summed E-state index contributed by atoms with van der Waals surface area (Å²) >= 11 is 0. The first-order valence-corrected chi connectivity index (χ1v) is 12.2. The number of hydrogen-bond donors (Lipinski definition) is 2. The zero-order valence-electron chi connectivity index (χ0n) is 21.6. The number of carbonyl (C=O) groups is 1. The molecule has 0 aliphatic carbocycles. The summed E-state index contributed by atoms with van der Waals surface area (Å²) in [4.78, 5) is 12.3. The summed E-state index contributed by atoms with van der Waals surface area (Å²) in [5.41, 5.74) is 2.94. The van der Waals surface area contributed by atoms with E-state index in [9.17, 15) is 9.90 Å². The summed E-state index contributed by atoms with van der Waals surface area (Å²) < 4.78 is 16.0. The Balaban J connectivity index is 1.47. The number of rotatable bonds is 13. The number of hydrogen-bond acceptors (Lipinski definition) is 6. The Labute approximate surface area is 214 Å². The number of β-amino-alcohol motifs (C(OH)–C–C–N with tert-alkyl or cyclic N) is 1. The summed E-state index contributed by atoms with van der Waals surface area (Å²) in [6.07, 6.45) is 0.704. The van der Waals surface area contributed by atoms with Gasteiger partial charge in [-0.2, -0.15) is 0 Å². The van der Waals surface area contributed by atoms with Crippen LogP contribution < -0.4 is 14.8 Å². The zero-order chi connectivity index (χ0) is 26.0. The van der Waals surface area contributed by atoms with E-state index in [4.69, 9.17) is 14.2 Å². The van der Waals surface area contributed by atoms with Gasteiger partial charge in [0, 0.05) is 12.1 Å². The van der Waals surface area contributed by atoms with Gasteiger partial charge in [-0.05, 0) is 67.6 Å². The molecule has 0 saturated carbocycles. The van der Waals surface area contributed by atoms with Crippen LogP contribution in [0.4, 0.5) is 0 Å². The number of ether oxygens (including phenoxy) is 3. The van der Waals surface area contributed by atoms with Crippen molar-refractivity contribution in [1.29, 1.82) is 0 Å². The van der Waals surface area contributed by atoms with Gasteiger partial charge >= 0.3 is 5.97 Å². The van der Waals surface area contributed by atoms with Crippen molar-refractivity contribution in [3.63, 3.8) is 0 Å². The predicted molar refractivity (Wildman–Crippen MR) is 142 cm³/mol. The highest BCUT2D eigenvalue weighted by atomic mass is 16.5. The number of carbonyl (C=O) groups excluding carboxylic acids is 1. The molecular weight excluding hydrogens is 454 g/mol. The molecule has 2 unspecified atom stereocenters. The van der Waals surface area contributed by atoms with E-state index in [1.54, 1.807) is 7.11 Å². The first kappa shape index (κ1) is 27.2. The summed E-state index contributed by atoms with van der Waals surface area (Å²) in [7, 11) is 3.07. The topological polar surface area (TPSA) is 77.0 Å². The molecule has 0 spiro atoms. The van der Waals surface area contributed by atoms with Crippen molar-refractivity contribution in [2.24, 2.45) is 0 Å². The highest BCUT2D eigenvalue weighted by molar-refractivity contribution is 5.78. The van der Waals surface area contributed by atoms with Crippen molar-refractivity contribution in [3.05, 3.63) is 95.6 Å². The third-order valence-electron chi connectivity index (χ3n) is 6.11. The highest BCUT2D eigenvalue weighted by Gasteiger charge is 2.22. The van der Waals surface area contributed by atoms with E-state index in [0.717, 1.165) is 23.3 Å². The number of benzene rings is 3. The zero-order valence-corrected chi connectivity index (χ0v) is 21.6. The summed E-state index contributed by atoms with van der Waals surface area (Å²) in [6.45, 7) is 4.82. The Morgan fingerprint density at radius 2 is 1.50 bits per heavy atom. The van der Waals surface area contributed by atoms with Crippen molar-refractivity contribution in [1.82, 2.24) is 5.32 Å². The van der Waals surface area contributed by atoms with Crippen LogP contribution in [0, 0.1) is 0 Å². The van der Waals surface area contributed by atoms with E-state index in [-0.39, 0.29) is 24.0 Å². The third-order valence-corrected chi connectivity index (χ3v) is 6.11. The van der Waals surface area contributed by atoms with Gasteiger partial charge in [0.05, 0.1) is 20.1 Å². The van der Waals surface area contributed by atoms with Crippen molar-refractivity contribution >= 4 is 5.97 Å². The molecular formula is C30H37NO5. The lowest BCUT2D eigenvalue weighted by atomic mass is 9.92. The van der Waals surface area contributed by atoms with Gasteiger partial charge in [-0.15, -0.1) is 0 Å². The molecule has 3 rings (SSSR count). The van der Waals surface area contributed by atoms with Crippen molar-refractivity contribution in [2.45, 2.75) is 44.2 Å². The SMILES string of the molecule is COC(=O)C(Cc1ccc(OCC(O)CNC(C)(C)Cc2ccc(OC)cc2)cc1)c1ccccc1. The Kier molecular flexibility index (Phi) is 9.91. The fourth-order valence-electron chi connectivity index (χ4n) is 4.08. The van der Waals surface area contributed by atoms with Gasteiger partial charge < -0.3 is 24.6 Å². The first-order valence-electron chi connectivity index (χ1n) is 12.2. The lowest BCUT2D eigenvalue weighted by Crippen LogP contribution is -2.46. The van der Waals surface area contributed by atoms with E-state index in [1.807, 2.05) is 66.7 Å². The third kappa shape index (κ3) is 8.40. The molecule has 3 aromatic rings. The minimum absolute atomic E-state index is 0.180. The minimum Gasteiger partial charge on any atom is -0.497 e. The molecule has 2 atom stereocenters. The molecule has 0 heterocycles. The summed E-state index contributed by atoms with van der Waals surface area (Å²) in [5.74, 6) is 0.887. The van der Waals surface area contributed by atoms with E-state index >= 15 is 0 Å². The largest absolute Gasteiger partial charge is 0.497 e. The van der Waals surface area contributed by atoms with E-state index in [0.29, 0.717) is 18.7 Å². The average Bonchev–Trinajstić information content (AvgIpc) is 2.90. The lowest BCUT2D eigenvalue weighted by Gasteiger charge is -2.28. The van der Waals surface area contributed by atoms with Gasteiger partial charge in [-0.1, -0.05) is 54.6 Å². The van der Waals surface area contributed by atoms with Crippen LogP contribution in [-0.2, 0) is 22.4 Å². The smallest absolute Gasteiger partial charge is 0.313 e. The van der Waals surface area contributed by atoms with Gasteiger partial charge in [0.1, 0.15) is 24.2 Å². The Morgan fingerprint density at radius 3 is 2.11 bits per heavy atom. The van der Waals surface area contributed by atoms with Crippen LogP contribution in [0.1, 0.15) is 36.5 Å². The number of nitrogens with one attached hydrogen (secondary N) is 1. The molecule has 2 N–H and O–H groups in total. The van der Waals surface area contributed by atoms with Crippen molar-refractivity contribution < 1.29 is 24.1 Å². The number of methoxy groups -OCH3 is 2. The number of aliphatic hydroxyl groups excluding tert-OH is 1. The monoisotopic (exact) mass is 491 g/mol. The molecule has 6 nitrogen and oxygen atoms in total. The molecule has 6 heteroatoms. The van der Waals surface area contributed by atoms with Crippen LogP contribution in [-0.4, -0.2) is 50.1 Å². The summed E-state index contributed by atoms with van der Waals surface area (Å²) in [6, 6.07) is 25.3. The first-order chi connectivity index (χ1) is 17.3. The fourth-order valence-corrected chi connectivity index (χ4v) is 4.08. The fraction of sp³-hybridized carbons (Fsp3) is 0.367. The van der Waals surface area contributed by atoms with Crippen LogP contribution in [0.2, 0.25) is 0 Å². The second kappa shape index (κ2) is 13.1. The van der Waals surface area contributed by atoms with Crippen LogP contribution in [0.3, 0.4) is 0 Å².